The average molecular weight is 230 g/mol. The number of rotatable bonds is 3. The quantitative estimate of drug-likeness (QED) is 0.750. The molecule has 0 bridgehead atoms. The van der Waals surface area contributed by atoms with Crippen LogP contribution < -0.4 is 11.1 Å². The highest BCUT2D eigenvalue weighted by Crippen LogP contribution is 2.19. The minimum Gasteiger partial charge on any atom is -0.394 e. The van der Waals surface area contributed by atoms with Gasteiger partial charge in [-0.15, -0.1) is 0 Å². The third kappa shape index (κ3) is 2.44. The van der Waals surface area contributed by atoms with Crippen LogP contribution in [-0.4, -0.2) is 16.1 Å². The number of aromatic amines is 1. The van der Waals surface area contributed by atoms with Crippen LogP contribution in [-0.2, 0) is 4.79 Å². The number of carbonyl (C=O) groups is 1. The Balaban J connectivity index is 2.09. The highest BCUT2D eigenvalue weighted by molar-refractivity contribution is 5.96. The van der Waals surface area contributed by atoms with Crippen LogP contribution >= 0.6 is 0 Å². The molecule has 4 N–H and O–H groups in total. The summed E-state index contributed by atoms with van der Waals surface area (Å²) in [6, 6.07) is 9.56. The highest BCUT2D eigenvalue weighted by atomic mass is 16.1. The predicted molar refractivity (Wildman–Crippen MR) is 66.5 cm³/mol. The summed E-state index contributed by atoms with van der Waals surface area (Å²) in [5, 5.41) is 9.08. The zero-order chi connectivity index (χ0) is 12.3. The van der Waals surface area contributed by atoms with Crippen molar-refractivity contribution in [1.82, 2.24) is 10.2 Å². The Bertz CT molecular complexity index is 506. The number of nitrogen functional groups attached to an aromatic ring is 1. The average Bonchev–Trinajstić information content (AvgIpc) is 2.75. The van der Waals surface area contributed by atoms with Crippen molar-refractivity contribution in [2.45, 2.75) is 12.8 Å². The normalized spacial score (nSPS) is 12.1. The fourth-order valence-electron chi connectivity index (χ4n) is 1.52. The van der Waals surface area contributed by atoms with E-state index in [1.54, 1.807) is 0 Å². The predicted octanol–water partition coefficient (Wildman–Crippen LogP) is 1.73. The Morgan fingerprint density at radius 1 is 1.41 bits per heavy atom. The van der Waals surface area contributed by atoms with Gasteiger partial charge in [-0.1, -0.05) is 30.3 Å². The van der Waals surface area contributed by atoms with E-state index in [4.69, 9.17) is 5.73 Å². The molecule has 88 valence electrons. The zero-order valence-electron chi connectivity index (χ0n) is 9.47. The molecule has 0 aliphatic carbocycles. The van der Waals surface area contributed by atoms with Gasteiger partial charge in [0.1, 0.15) is 0 Å². The minimum absolute atomic E-state index is 0.118. The summed E-state index contributed by atoms with van der Waals surface area (Å²) >= 11 is 0. The van der Waals surface area contributed by atoms with E-state index in [0.717, 1.165) is 5.56 Å². The maximum absolute atomic E-state index is 11.9. The fourth-order valence-corrected chi connectivity index (χ4v) is 1.52. The van der Waals surface area contributed by atoms with E-state index in [-0.39, 0.29) is 11.8 Å². The Labute approximate surface area is 99.0 Å². The van der Waals surface area contributed by atoms with Gasteiger partial charge in [-0.25, -0.2) is 0 Å². The first kappa shape index (κ1) is 11.2. The van der Waals surface area contributed by atoms with Crippen LogP contribution in [0.1, 0.15) is 18.4 Å². The summed E-state index contributed by atoms with van der Waals surface area (Å²) in [5.41, 5.74) is 7.01. The summed E-state index contributed by atoms with van der Waals surface area (Å²) in [7, 11) is 0. The number of benzene rings is 1. The van der Waals surface area contributed by atoms with Crippen molar-refractivity contribution in [3.8, 4) is 0 Å². The molecule has 0 saturated heterocycles. The van der Waals surface area contributed by atoms with Gasteiger partial charge in [0.05, 0.1) is 17.8 Å². The van der Waals surface area contributed by atoms with Crippen LogP contribution in [0.5, 0.6) is 0 Å². The van der Waals surface area contributed by atoms with E-state index in [1.807, 2.05) is 37.3 Å². The van der Waals surface area contributed by atoms with Crippen LogP contribution in [0.3, 0.4) is 0 Å². The molecule has 1 aromatic carbocycles. The van der Waals surface area contributed by atoms with Gasteiger partial charge in [0.25, 0.3) is 0 Å². The van der Waals surface area contributed by atoms with Crippen molar-refractivity contribution in [2.24, 2.45) is 0 Å². The second kappa shape index (κ2) is 4.69. The number of carbonyl (C=O) groups excluding carboxylic acids is 1. The third-order valence-corrected chi connectivity index (χ3v) is 2.61. The zero-order valence-corrected chi connectivity index (χ0v) is 9.47. The molecule has 5 nitrogen and oxygen atoms in total. The van der Waals surface area contributed by atoms with E-state index < -0.39 is 0 Å². The molecule has 2 rings (SSSR count). The van der Waals surface area contributed by atoms with Crippen LogP contribution in [0.4, 0.5) is 11.5 Å². The summed E-state index contributed by atoms with van der Waals surface area (Å²) < 4.78 is 0. The Morgan fingerprint density at radius 2 is 2.12 bits per heavy atom. The van der Waals surface area contributed by atoms with Gasteiger partial charge in [-0.3, -0.25) is 9.89 Å². The highest BCUT2D eigenvalue weighted by Gasteiger charge is 2.16. The van der Waals surface area contributed by atoms with Crippen molar-refractivity contribution in [2.75, 3.05) is 11.1 Å². The smallest absolute Gasteiger partial charge is 0.232 e. The van der Waals surface area contributed by atoms with Crippen LogP contribution in [0.25, 0.3) is 0 Å². The molecule has 0 aliphatic heterocycles. The molecule has 17 heavy (non-hydrogen) atoms. The van der Waals surface area contributed by atoms with E-state index in [0.29, 0.717) is 11.5 Å². The standard InChI is InChI=1S/C12H14N4O/c1-8(9-5-3-2-4-6-9)12(17)15-11-10(13)7-14-16-11/h2-8H,13H2,1H3,(H2,14,15,16,17). The first-order valence-electron chi connectivity index (χ1n) is 5.33. The van der Waals surface area contributed by atoms with Crippen molar-refractivity contribution in [3.05, 3.63) is 42.1 Å². The molecular formula is C12H14N4O. The molecule has 0 radical (unpaired) electrons. The van der Waals surface area contributed by atoms with Gasteiger partial charge in [0.15, 0.2) is 5.82 Å². The summed E-state index contributed by atoms with van der Waals surface area (Å²) in [6.07, 6.45) is 1.46. The molecule has 1 amide bonds. The first-order valence-corrected chi connectivity index (χ1v) is 5.33. The molecule has 2 aromatic rings. The summed E-state index contributed by atoms with van der Waals surface area (Å²) in [5.74, 6) is 0.0869. The lowest BCUT2D eigenvalue weighted by Gasteiger charge is -2.11. The number of hydrogen-bond donors (Lipinski definition) is 3. The molecule has 0 saturated carbocycles. The molecule has 0 fully saturated rings. The molecule has 0 spiro atoms. The van der Waals surface area contributed by atoms with Gasteiger partial charge in [0.2, 0.25) is 5.91 Å². The number of hydrogen-bond acceptors (Lipinski definition) is 3. The fraction of sp³-hybridized carbons (Fsp3) is 0.167. The topological polar surface area (TPSA) is 83.8 Å². The van der Waals surface area contributed by atoms with Crippen LogP contribution in [0.15, 0.2) is 36.5 Å². The lowest BCUT2D eigenvalue weighted by Crippen LogP contribution is -2.19. The molecule has 1 atom stereocenters. The van der Waals surface area contributed by atoms with Crippen molar-refractivity contribution >= 4 is 17.4 Å². The first-order chi connectivity index (χ1) is 8.18. The second-order valence-electron chi connectivity index (χ2n) is 3.82. The SMILES string of the molecule is CC(C(=O)Nc1[nH]ncc1N)c1ccccc1. The van der Waals surface area contributed by atoms with E-state index >= 15 is 0 Å². The number of nitrogens with zero attached hydrogens (tertiary/aromatic N) is 1. The van der Waals surface area contributed by atoms with Crippen LogP contribution in [0, 0.1) is 0 Å². The van der Waals surface area contributed by atoms with Crippen molar-refractivity contribution in [1.29, 1.82) is 0 Å². The maximum Gasteiger partial charge on any atom is 0.232 e. The molecular weight excluding hydrogens is 216 g/mol. The minimum atomic E-state index is -0.237. The number of nitrogens with one attached hydrogen (secondary N) is 2. The van der Waals surface area contributed by atoms with Gasteiger partial charge in [-0.05, 0) is 12.5 Å². The Hall–Kier alpha value is -2.30. The van der Waals surface area contributed by atoms with Gasteiger partial charge in [-0.2, -0.15) is 5.10 Å². The largest absolute Gasteiger partial charge is 0.394 e. The summed E-state index contributed by atoms with van der Waals surface area (Å²) in [4.78, 5) is 11.9. The summed E-state index contributed by atoms with van der Waals surface area (Å²) in [6.45, 7) is 1.84. The van der Waals surface area contributed by atoms with Crippen LogP contribution in [0.2, 0.25) is 0 Å². The number of aromatic nitrogens is 2. The third-order valence-electron chi connectivity index (χ3n) is 2.61. The number of anilines is 2. The Morgan fingerprint density at radius 3 is 2.71 bits per heavy atom. The van der Waals surface area contributed by atoms with Gasteiger partial charge < -0.3 is 11.1 Å². The molecule has 0 aliphatic rings. The molecule has 1 heterocycles. The maximum atomic E-state index is 11.9. The second-order valence-corrected chi connectivity index (χ2v) is 3.82. The number of amides is 1. The van der Waals surface area contributed by atoms with Gasteiger partial charge in [0, 0.05) is 0 Å². The lowest BCUT2D eigenvalue weighted by molar-refractivity contribution is -0.117. The van der Waals surface area contributed by atoms with E-state index in [1.165, 1.54) is 6.20 Å². The number of H-pyrrole nitrogens is 1. The van der Waals surface area contributed by atoms with Crippen molar-refractivity contribution in [3.63, 3.8) is 0 Å². The molecule has 5 heteroatoms. The monoisotopic (exact) mass is 230 g/mol. The van der Waals surface area contributed by atoms with E-state index in [9.17, 15) is 4.79 Å². The molecule has 1 aromatic heterocycles. The Kier molecular flexibility index (Phi) is 3.09. The molecule has 1 unspecified atom stereocenters. The van der Waals surface area contributed by atoms with Gasteiger partial charge >= 0.3 is 0 Å². The van der Waals surface area contributed by atoms with Crippen molar-refractivity contribution < 1.29 is 4.79 Å². The number of nitrogens with two attached hydrogens (primary N) is 1. The lowest BCUT2D eigenvalue weighted by atomic mass is 10.0. The van der Waals surface area contributed by atoms with E-state index in [2.05, 4.69) is 15.5 Å².